The molecule has 2 aromatic rings. The molecule has 0 bridgehead atoms. The van der Waals surface area contributed by atoms with Gasteiger partial charge in [-0.2, -0.15) is 0 Å². The molecular formula is C21H27N3O. The number of para-hydroxylation sites is 2. The third kappa shape index (κ3) is 4.75. The molecule has 1 aliphatic rings. The highest BCUT2D eigenvalue weighted by molar-refractivity contribution is 5.94. The van der Waals surface area contributed by atoms with Crippen molar-refractivity contribution >= 4 is 23.0 Å². The lowest BCUT2D eigenvalue weighted by Gasteiger charge is -2.30. The second-order valence-electron chi connectivity index (χ2n) is 6.52. The summed E-state index contributed by atoms with van der Waals surface area (Å²) in [5.41, 5.74) is 4.34. The van der Waals surface area contributed by atoms with Crippen molar-refractivity contribution in [3.8, 4) is 0 Å². The third-order valence-electron chi connectivity index (χ3n) is 4.69. The van der Waals surface area contributed by atoms with E-state index in [1.165, 1.54) is 30.5 Å². The fourth-order valence-corrected chi connectivity index (χ4v) is 3.24. The topological polar surface area (TPSA) is 44.4 Å². The summed E-state index contributed by atoms with van der Waals surface area (Å²) in [6.45, 7) is 4.57. The Morgan fingerprint density at radius 1 is 1.00 bits per heavy atom. The van der Waals surface area contributed by atoms with Crippen LogP contribution in [0.25, 0.3) is 0 Å². The van der Waals surface area contributed by atoms with Gasteiger partial charge in [0.2, 0.25) is 5.91 Å². The van der Waals surface area contributed by atoms with Gasteiger partial charge in [0.05, 0.1) is 17.9 Å². The van der Waals surface area contributed by atoms with Crippen molar-refractivity contribution in [2.75, 3.05) is 35.2 Å². The van der Waals surface area contributed by atoms with Crippen LogP contribution >= 0.6 is 0 Å². The third-order valence-corrected chi connectivity index (χ3v) is 4.69. The van der Waals surface area contributed by atoms with Gasteiger partial charge in [-0.15, -0.1) is 0 Å². The minimum atomic E-state index is -0.0299. The Balaban J connectivity index is 1.58. The zero-order chi connectivity index (χ0) is 17.5. The molecule has 1 amide bonds. The van der Waals surface area contributed by atoms with Gasteiger partial charge in [-0.05, 0) is 55.5 Å². The molecule has 25 heavy (non-hydrogen) atoms. The second-order valence-corrected chi connectivity index (χ2v) is 6.52. The molecule has 0 unspecified atom stereocenters. The van der Waals surface area contributed by atoms with Crippen LogP contribution in [0.1, 0.15) is 31.7 Å². The number of amides is 1. The Bertz CT molecular complexity index is 691. The minimum Gasteiger partial charge on any atom is -0.374 e. The molecule has 0 saturated carbocycles. The fraction of sp³-hybridized carbons (Fsp3) is 0.381. The van der Waals surface area contributed by atoms with E-state index in [-0.39, 0.29) is 12.5 Å². The van der Waals surface area contributed by atoms with Crippen molar-refractivity contribution in [2.45, 2.75) is 32.6 Å². The van der Waals surface area contributed by atoms with Gasteiger partial charge >= 0.3 is 0 Å². The molecule has 0 aromatic heterocycles. The first-order valence-electron chi connectivity index (χ1n) is 9.23. The molecule has 0 spiro atoms. The Hall–Kier alpha value is -2.49. The lowest BCUT2D eigenvalue weighted by Crippen LogP contribution is -2.30. The predicted octanol–water partition coefficient (Wildman–Crippen LogP) is 4.29. The van der Waals surface area contributed by atoms with E-state index in [4.69, 9.17) is 0 Å². The Labute approximate surface area is 150 Å². The van der Waals surface area contributed by atoms with E-state index in [1.54, 1.807) is 0 Å². The Morgan fingerprint density at radius 2 is 1.72 bits per heavy atom. The van der Waals surface area contributed by atoms with Gasteiger partial charge in [-0.3, -0.25) is 4.79 Å². The van der Waals surface area contributed by atoms with E-state index in [1.807, 2.05) is 24.3 Å². The van der Waals surface area contributed by atoms with Crippen molar-refractivity contribution in [2.24, 2.45) is 0 Å². The number of rotatable bonds is 6. The van der Waals surface area contributed by atoms with Crippen LogP contribution < -0.4 is 15.5 Å². The average Bonchev–Trinajstić information content (AvgIpc) is 2.68. The number of hydrogen-bond acceptors (Lipinski definition) is 3. The number of aryl methyl sites for hydroxylation is 1. The smallest absolute Gasteiger partial charge is 0.243 e. The summed E-state index contributed by atoms with van der Waals surface area (Å²) in [6.07, 6.45) is 4.79. The van der Waals surface area contributed by atoms with E-state index < -0.39 is 0 Å². The molecule has 2 N–H and O–H groups in total. The molecule has 3 rings (SSSR count). The standard InChI is InChI=1S/C21H27N3O/c1-2-17-10-12-18(13-11-17)23-21(25)16-22-19-8-4-5-9-20(19)24-14-6-3-7-15-24/h4-5,8-13,22H,2-3,6-7,14-16H2,1H3,(H,23,25). The molecule has 0 radical (unpaired) electrons. The lowest BCUT2D eigenvalue weighted by molar-refractivity contribution is -0.114. The van der Waals surface area contributed by atoms with Gasteiger partial charge in [-0.25, -0.2) is 0 Å². The number of nitrogens with zero attached hydrogens (tertiary/aromatic N) is 1. The zero-order valence-electron chi connectivity index (χ0n) is 14.9. The lowest BCUT2D eigenvalue weighted by atomic mass is 10.1. The van der Waals surface area contributed by atoms with Gasteiger partial charge in [0.25, 0.3) is 0 Å². The van der Waals surface area contributed by atoms with Gasteiger partial charge in [0.1, 0.15) is 0 Å². The largest absolute Gasteiger partial charge is 0.374 e. The van der Waals surface area contributed by atoms with E-state index in [0.717, 1.165) is 30.9 Å². The van der Waals surface area contributed by atoms with E-state index in [0.29, 0.717) is 0 Å². The monoisotopic (exact) mass is 337 g/mol. The van der Waals surface area contributed by atoms with Gasteiger partial charge in [-0.1, -0.05) is 31.2 Å². The van der Waals surface area contributed by atoms with Gasteiger partial charge < -0.3 is 15.5 Å². The summed E-state index contributed by atoms with van der Waals surface area (Å²) in [7, 11) is 0. The molecule has 1 fully saturated rings. The van der Waals surface area contributed by atoms with Crippen LogP contribution in [0.15, 0.2) is 48.5 Å². The zero-order valence-corrected chi connectivity index (χ0v) is 14.9. The first-order valence-corrected chi connectivity index (χ1v) is 9.23. The van der Waals surface area contributed by atoms with Crippen LogP contribution in [-0.4, -0.2) is 25.5 Å². The van der Waals surface area contributed by atoms with Crippen LogP contribution in [0, 0.1) is 0 Å². The summed E-state index contributed by atoms with van der Waals surface area (Å²) in [5.74, 6) is -0.0299. The van der Waals surface area contributed by atoms with Crippen molar-refractivity contribution in [3.05, 3.63) is 54.1 Å². The molecule has 1 heterocycles. The number of benzene rings is 2. The van der Waals surface area contributed by atoms with Crippen LogP contribution in [0.2, 0.25) is 0 Å². The van der Waals surface area contributed by atoms with Crippen LogP contribution in [0.4, 0.5) is 17.1 Å². The van der Waals surface area contributed by atoms with Crippen LogP contribution in [-0.2, 0) is 11.2 Å². The highest BCUT2D eigenvalue weighted by Crippen LogP contribution is 2.28. The number of piperidine rings is 1. The summed E-state index contributed by atoms with van der Waals surface area (Å²) in [5, 5.41) is 6.25. The number of hydrogen-bond donors (Lipinski definition) is 2. The molecule has 1 saturated heterocycles. The first kappa shape index (κ1) is 17.3. The number of carbonyl (C=O) groups excluding carboxylic acids is 1. The molecule has 2 aromatic carbocycles. The fourth-order valence-electron chi connectivity index (χ4n) is 3.24. The van der Waals surface area contributed by atoms with Gasteiger partial charge in [0.15, 0.2) is 0 Å². The summed E-state index contributed by atoms with van der Waals surface area (Å²) >= 11 is 0. The molecule has 4 heteroatoms. The van der Waals surface area contributed by atoms with E-state index >= 15 is 0 Å². The van der Waals surface area contributed by atoms with E-state index in [2.05, 4.69) is 46.7 Å². The Kier molecular flexibility index (Phi) is 5.94. The molecule has 1 aliphatic heterocycles. The summed E-state index contributed by atoms with van der Waals surface area (Å²) in [6, 6.07) is 16.3. The summed E-state index contributed by atoms with van der Waals surface area (Å²) in [4.78, 5) is 14.7. The molecule has 0 aliphatic carbocycles. The molecule has 132 valence electrons. The highest BCUT2D eigenvalue weighted by Gasteiger charge is 2.14. The maximum atomic E-state index is 12.2. The van der Waals surface area contributed by atoms with Crippen LogP contribution in [0.5, 0.6) is 0 Å². The van der Waals surface area contributed by atoms with Crippen molar-refractivity contribution in [1.82, 2.24) is 0 Å². The maximum absolute atomic E-state index is 12.2. The number of carbonyl (C=O) groups is 1. The molecule has 4 nitrogen and oxygen atoms in total. The highest BCUT2D eigenvalue weighted by atomic mass is 16.1. The van der Waals surface area contributed by atoms with Crippen molar-refractivity contribution in [3.63, 3.8) is 0 Å². The second kappa shape index (κ2) is 8.56. The normalized spacial score (nSPS) is 14.2. The summed E-state index contributed by atoms with van der Waals surface area (Å²) < 4.78 is 0. The van der Waals surface area contributed by atoms with Crippen molar-refractivity contribution in [1.29, 1.82) is 0 Å². The Morgan fingerprint density at radius 3 is 2.44 bits per heavy atom. The molecular weight excluding hydrogens is 310 g/mol. The van der Waals surface area contributed by atoms with Gasteiger partial charge in [0, 0.05) is 18.8 Å². The van der Waals surface area contributed by atoms with Crippen LogP contribution in [0.3, 0.4) is 0 Å². The quantitative estimate of drug-likeness (QED) is 0.826. The maximum Gasteiger partial charge on any atom is 0.243 e. The van der Waals surface area contributed by atoms with Crippen molar-refractivity contribution < 1.29 is 4.79 Å². The predicted molar refractivity (Wildman–Crippen MR) is 105 cm³/mol. The van der Waals surface area contributed by atoms with E-state index in [9.17, 15) is 4.79 Å². The SMILES string of the molecule is CCc1ccc(NC(=O)CNc2ccccc2N2CCCCC2)cc1. The first-order chi connectivity index (χ1) is 12.3. The average molecular weight is 337 g/mol. The molecule has 0 atom stereocenters. The number of nitrogens with one attached hydrogen (secondary N) is 2. The number of anilines is 3. The minimum absolute atomic E-state index is 0.0299.